The van der Waals surface area contributed by atoms with Gasteiger partial charge < -0.3 is 29.0 Å². The smallest absolute Gasteiger partial charge is 0.270 e. The van der Waals surface area contributed by atoms with E-state index in [1.165, 1.54) is 34.5 Å². The van der Waals surface area contributed by atoms with Gasteiger partial charge in [0, 0.05) is 35.2 Å². The average Bonchev–Trinajstić information content (AvgIpc) is 3.50. The standard InChI is InChI=1S/C31H32ClN3O8/c1-13(2)35-29-24(30(38)34-35)21(15-8-9-17(39-4)18(11-15)40-5)22-16(33-29)10-14(3)31(27(22)36)28(37)23-19(41-6)12-20(42-7)25(32)26(23)43-31/h8-9,11-14,21,33H,10H2,1-7H3,(H,34,38)/t14-,21?,31+/m1/s1. The molecule has 1 aliphatic carbocycles. The number of ketones is 2. The Kier molecular flexibility index (Phi) is 6.76. The Labute approximate surface area is 252 Å². The van der Waals surface area contributed by atoms with Crippen molar-refractivity contribution in [3.05, 3.63) is 67.6 Å². The predicted molar refractivity (Wildman–Crippen MR) is 159 cm³/mol. The molecule has 0 radical (unpaired) electrons. The van der Waals surface area contributed by atoms with Crippen LogP contribution in [0.1, 0.15) is 60.6 Å². The second kappa shape index (κ2) is 10.1. The molecule has 43 heavy (non-hydrogen) atoms. The van der Waals surface area contributed by atoms with Crippen molar-refractivity contribution in [1.82, 2.24) is 9.78 Å². The highest BCUT2D eigenvalue weighted by Gasteiger charge is 2.63. The van der Waals surface area contributed by atoms with Crippen LogP contribution in [0, 0.1) is 5.92 Å². The van der Waals surface area contributed by atoms with Crippen LogP contribution in [0.25, 0.3) is 0 Å². The molecular weight excluding hydrogens is 578 g/mol. The molecule has 3 heterocycles. The first-order valence-electron chi connectivity index (χ1n) is 13.8. The molecule has 226 valence electrons. The number of aromatic amines is 1. The van der Waals surface area contributed by atoms with Crippen molar-refractivity contribution in [3.63, 3.8) is 0 Å². The molecule has 0 saturated heterocycles. The molecule has 0 amide bonds. The molecule has 0 bridgehead atoms. The van der Waals surface area contributed by atoms with Crippen LogP contribution in [0.2, 0.25) is 5.02 Å². The molecule has 3 aliphatic rings. The maximum atomic E-state index is 14.9. The monoisotopic (exact) mass is 609 g/mol. The maximum Gasteiger partial charge on any atom is 0.270 e. The third-order valence-electron chi connectivity index (χ3n) is 8.60. The Bertz CT molecular complexity index is 1790. The number of hydrogen-bond acceptors (Lipinski definition) is 9. The Hall–Kier alpha value is -4.38. The first kappa shape index (κ1) is 28.7. The maximum absolute atomic E-state index is 14.9. The van der Waals surface area contributed by atoms with Crippen molar-refractivity contribution in [1.29, 1.82) is 0 Å². The van der Waals surface area contributed by atoms with E-state index in [1.807, 2.05) is 13.8 Å². The summed E-state index contributed by atoms with van der Waals surface area (Å²) in [7, 11) is 5.89. The van der Waals surface area contributed by atoms with Gasteiger partial charge in [-0.2, -0.15) is 0 Å². The lowest BCUT2D eigenvalue weighted by Crippen LogP contribution is -2.58. The van der Waals surface area contributed by atoms with Gasteiger partial charge in [-0.15, -0.1) is 0 Å². The highest BCUT2D eigenvalue weighted by Crippen LogP contribution is 2.56. The average molecular weight is 610 g/mol. The normalized spacial score (nSPS) is 22.2. The van der Waals surface area contributed by atoms with Crippen LogP contribution in [-0.2, 0) is 4.79 Å². The summed E-state index contributed by atoms with van der Waals surface area (Å²) >= 11 is 6.62. The van der Waals surface area contributed by atoms with Gasteiger partial charge in [0.05, 0.1) is 34.0 Å². The Balaban J connectivity index is 1.59. The van der Waals surface area contributed by atoms with Crippen molar-refractivity contribution in [2.45, 2.75) is 44.8 Å². The number of nitrogens with zero attached hydrogens (tertiary/aromatic N) is 1. The van der Waals surface area contributed by atoms with Crippen LogP contribution in [0.5, 0.6) is 28.7 Å². The number of aromatic nitrogens is 2. The van der Waals surface area contributed by atoms with Crippen molar-refractivity contribution >= 4 is 29.0 Å². The second-order valence-corrected chi connectivity index (χ2v) is 11.5. The van der Waals surface area contributed by atoms with Gasteiger partial charge in [-0.25, -0.2) is 0 Å². The summed E-state index contributed by atoms with van der Waals surface area (Å²) in [5, 5.41) is 6.36. The van der Waals surface area contributed by atoms with Gasteiger partial charge in [0.25, 0.3) is 5.56 Å². The van der Waals surface area contributed by atoms with Crippen LogP contribution in [-0.4, -0.2) is 55.4 Å². The van der Waals surface area contributed by atoms with E-state index in [4.69, 9.17) is 35.3 Å². The fourth-order valence-corrected chi connectivity index (χ4v) is 6.78. The number of rotatable bonds is 6. The third-order valence-corrected chi connectivity index (χ3v) is 8.95. The first-order valence-corrected chi connectivity index (χ1v) is 14.2. The highest BCUT2D eigenvalue weighted by atomic mass is 35.5. The molecule has 0 saturated carbocycles. The van der Waals surface area contributed by atoms with E-state index in [2.05, 4.69) is 10.4 Å². The number of Topliss-reactive ketones (excluding diaryl/α,β-unsaturated/α-hetero) is 2. The van der Waals surface area contributed by atoms with Crippen molar-refractivity contribution < 1.29 is 33.3 Å². The number of halogens is 1. The van der Waals surface area contributed by atoms with Crippen LogP contribution < -0.4 is 34.6 Å². The number of carbonyl (C=O) groups excluding carboxylic acids is 2. The number of carbonyl (C=O) groups is 2. The number of benzene rings is 2. The van der Waals surface area contributed by atoms with E-state index in [1.54, 1.807) is 29.8 Å². The summed E-state index contributed by atoms with van der Waals surface area (Å²) in [6, 6.07) is 6.66. The van der Waals surface area contributed by atoms with Gasteiger partial charge in [0.2, 0.25) is 17.2 Å². The lowest BCUT2D eigenvalue weighted by Gasteiger charge is -2.42. The third kappa shape index (κ3) is 3.83. The molecule has 0 fully saturated rings. The minimum atomic E-state index is -1.94. The molecule has 1 unspecified atom stereocenters. The zero-order chi connectivity index (χ0) is 31.0. The molecule has 12 heteroatoms. The van der Waals surface area contributed by atoms with E-state index < -0.39 is 29.0 Å². The van der Waals surface area contributed by atoms with Gasteiger partial charge in [-0.05, 0) is 38.0 Å². The van der Waals surface area contributed by atoms with Gasteiger partial charge in [-0.1, -0.05) is 24.6 Å². The highest BCUT2D eigenvalue weighted by molar-refractivity contribution is 6.36. The Morgan fingerprint density at radius 3 is 2.26 bits per heavy atom. The summed E-state index contributed by atoms with van der Waals surface area (Å²) in [5.74, 6) is -0.638. The number of H-pyrrole nitrogens is 1. The summed E-state index contributed by atoms with van der Waals surface area (Å²) < 4.78 is 30.0. The van der Waals surface area contributed by atoms with Crippen molar-refractivity contribution in [2.75, 3.05) is 33.8 Å². The zero-order valence-electron chi connectivity index (χ0n) is 24.8. The number of hydrogen-bond donors (Lipinski definition) is 2. The van der Waals surface area contributed by atoms with Crippen LogP contribution in [0.3, 0.4) is 0 Å². The molecule has 6 rings (SSSR count). The van der Waals surface area contributed by atoms with E-state index in [9.17, 15) is 14.4 Å². The minimum absolute atomic E-state index is 0.0306. The lowest BCUT2D eigenvalue weighted by molar-refractivity contribution is -0.130. The number of nitrogens with one attached hydrogen (secondary N) is 2. The Morgan fingerprint density at radius 2 is 1.63 bits per heavy atom. The molecule has 1 spiro atoms. The molecule has 1 aromatic heterocycles. The van der Waals surface area contributed by atoms with E-state index in [0.29, 0.717) is 34.1 Å². The molecule has 3 aromatic rings. The fourth-order valence-electron chi connectivity index (χ4n) is 6.52. The van der Waals surface area contributed by atoms with Crippen molar-refractivity contribution in [2.24, 2.45) is 5.92 Å². The number of allylic oxidation sites excluding steroid dienone is 1. The van der Waals surface area contributed by atoms with Crippen LogP contribution in [0.4, 0.5) is 5.82 Å². The van der Waals surface area contributed by atoms with E-state index in [0.717, 1.165) is 0 Å². The largest absolute Gasteiger partial charge is 0.496 e. The van der Waals surface area contributed by atoms with Gasteiger partial charge in [0.1, 0.15) is 27.9 Å². The molecule has 3 atom stereocenters. The van der Waals surface area contributed by atoms with Crippen molar-refractivity contribution in [3.8, 4) is 28.7 Å². The quantitative estimate of drug-likeness (QED) is 0.376. The van der Waals surface area contributed by atoms with Gasteiger partial charge in [-0.3, -0.25) is 24.2 Å². The predicted octanol–water partition coefficient (Wildman–Crippen LogP) is 4.88. The molecule has 11 nitrogen and oxygen atoms in total. The SMILES string of the molecule is COc1ccc(C2C3=C(C[C@@H](C)[C@]4(Oc5c(Cl)c(OC)cc(OC)c5C4=O)C3=O)Nc3c2c(=O)[nH]n3C(C)C)cc1OC. The number of methoxy groups -OCH3 is 4. The lowest BCUT2D eigenvalue weighted by atomic mass is 9.66. The second-order valence-electron chi connectivity index (χ2n) is 11.1. The summed E-state index contributed by atoms with van der Waals surface area (Å²) in [5.41, 5.74) is -0.407. The Morgan fingerprint density at radius 1 is 0.953 bits per heavy atom. The topological polar surface area (TPSA) is 130 Å². The first-order chi connectivity index (χ1) is 20.5. The molecule has 2 N–H and O–H groups in total. The summed E-state index contributed by atoms with van der Waals surface area (Å²) in [4.78, 5) is 42.9. The molecule has 2 aromatic carbocycles. The number of ether oxygens (including phenoxy) is 5. The zero-order valence-corrected chi connectivity index (χ0v) is 25.6. The van der Waals surface area contributed by atoms with E-state index in [-0.39, 0.29) is 51.4 Å². The van der Waals surface area contributed by atoms with Gasteiger partial charge >= 0.3 is 0 Å². The molecule has 2 aliphatic heterocycles. The van der Waals surface area contributed by atoms with Crippen LogP contribution in [0.15, 0.2) is 40.3 Å². The van der Waals surface area contributed by atoms with E-state index >= 15 is 0 Å². The summed E-state index contributed by atoms with van der Waals surface area (Å²) in [6.07, 6.45) is 0.276. The van der Waals surface area contributed by atoms with Gasteiger partial charge in [0.15, 0.2) is 17.2 Å². The fraction of sp³-hybridized carbons (Fsp3) is 0.387. The minimum Gasteiger partial charge on any atom is -0.496 e. The number of anilines is 1. The van der Waals surface area contributed by atoms with Crippen LogP contribution >= 0.6 is 11.6 Å². The summed E-state index contributed by atoms with van der Waals surface area (Å²) in [6.45, 7) is 5.69. The molecular formula is C31H32ClN3O8. The number of fused-ring (bicyclic) bond motifs is 2.